The lowest BCUT2D eigenvalue weighted by atomic mass is 10.1. The minimum atomic E-state index is 0.566. The van der Waals surface area contributed by atoms with Crippen LogP contribution in [0.5, 0.6) is 0 Å². The summed E-state index contributed by atoms with van der Waals surface area (Å²) >= 11 is 0.566. The van der Waals surface area contributed by atoms with E-state index >= 15 is 0 Å². The highest BCUT2D eigenvalue weighted by atomic mass is 127. The van der Waals surface area contributed by atoms with Crippen LogP contribution >= 0.6 is 0 Å². The van der Waals surface area contributed by atoms with Crippen LogP contribution in [0.15, 0.2) is 47.1 Å². The van der Waals surface area contributed by atoms with Crippen molar-refractivity contribution in [2.75, 3.05) is 4.43 Å². The second-order valence-electron chi connectivity index (χ2n) is 2.96. The molecule has 3 rings (SSSR count). The smallest absolute Gasteiger partial charge is 0.0610 e. The fraction of sp³-hybridized carbons (Fsp3) is 0.200. The molecule has 0 amide bonds. The molecule has 1 unspecified atom stereocenters. The van der Waals surface area contributed by atoms with Gasteiger partial charge in [0.05, 0.1) is 0 Å². The monoisotopic (exact) mass is 255 g/mol. The van der Waals surface area contributed by atoms with E-state index in [0.717, 1.165) is 3.92 Å². The van der Waals surface area contributed by atoms with Crippen LogP contribution in [0, 0.1) is 0 Å². The van der Waals surface area contributed by atoms with Crippen molar-refractivity contribution in [3.8, 4) is 0 Å². The van der Waals surface area contributed by atoms with E-state index in [9.17, 15) is 0 Å². The molecule has 0 radical (unpaired) electrons. The summed E-state index contributed by atoms with van der Waals surface area (Å²) in [5.41, 5.74) is 4.60. The fourth-order valence-electron chi connectivity index (χ4n) is 1.60. The van der Waals surface area contributed by atoms with Gasteiger partial charge in [-0.05, 0) is 11.1 Å². The van der Waals surface area contributed by atoms with Gasteiger partial charge in [0.15, 0.2) is 4.43 Å². The summed E-state index contributed by atoms with van der Waals surface area (Å²) in [6.45, 7) is 0. The van der Waals surface area contributed by atoms with E-state index in [1.54, 1.807) is 5.57 Å². The van der Waals surface area contributed by atoms with Crippen LogP contribution in [0.4, 0.5) is 0 Å². The highest BCUT2D eigenvalue weighted by Gasteiger charge is 2.48. The first-order valence-corrected chi connectivity index (χ1v) is 6.61. The summed E-state index contributed by atoms with van der Waals surface area (Å²) in [5, 5.41) is 0. The maximum absolute atomic E-state index is 2.32. The Kier molecular flexibility index (Phi) is 1.19. The number of hydrogen-bond acceptors (Lipinski definition) is 0. The lowest BCUT2D eigenvalue weighted by Gasteiger charge is -1.95. The normalized spacial score (nSPS) is 31.3. The minimum Gasteiger partial charge on any atom is -0.0610 e. The topological polar surface area (TPSA) is 0 Å². The zero-order valence-corrected chi connectivity index (χ0v) is 8.21. The van der Waals surface area contributed by atoms with Crippen LogP contribution in [0.1, 0.15) is 0 Å². The van der Waals surface area contributed by atoms with Gasteiger partial charge >= 0.3 is 0 Å². The van der Waals surface area contributed by atoms with Crippen molar-refractivity contribution in [1.82, 2.24) is 0 Å². The first-order chi connectivity index (χ1) is 5.45. The summed E-state index contributed by atoms with van der Waals surface area (Å²) < 4.78 is 2.53. The molecule has 0 aromatic heterocycles. The van der Waals surface area contributed by atoms with Crippen molar-refractivity contribution in [3.05, 3.63) is 47.1 Å². The Morgan fingerprint density at radius 1 is 1.27 bits per heavy atom. The Bertz CT molecular complexity index is 325. The van der Waals surface area contributed by atoms with Gasteiger partial charge in [-0.3, -0.25) is 0 Å². The molecular weight excluding hydrogens is 247 g/mol. The van der Waals surface area contributed by atoms with Crippen LogP contribution in [-0.2, 0) is 0 Å². The Hall–Kier alpha value is -0.310. The second kappa shape index (κ2) is 2.09. The SMILES string of the molecule is C1=CC2=CC=C(C3C[I+]3)C2=C1. The third-order valence-corrected chi connectivity index (χ3v) is 4.68. The van der Waals surface area contributed by atoms with Crippen molar-refractivity contribution in [3.63, 3.8) is 0 Å². The standard InChI is InChI=1S/C10H8I/c1-2-7-4-5-9(8(7)3-1)10-6-11-10/h1-5,10H,6H2/q+1. The van der Waals surface area contributed by atoms with E-state index in [-0.39, 0.29) is 0 Å². The number of halogens is 1. The van der Waals surface area contributed by atoms with E-state index < -0.39 is 0 Å². The molecule has 1 heterocycles. The molecule has 11 heavy (non-hydrogen) atoms. The van der Waals surface area contributed by atoms with Crippen molar-refractivity contribution in [2.24, 2.45) is 0 Å². The molecule has 1 aliphatic heterocycles. The molecule has 0 saturated carbocycles. The molecule has 0 N–H and O–H groups in total. The molecule has 1 atom stereocenters. The number of alkyl halides is 2. The molecular formula is C10H8I+. The summed E-state index contributed by atoms with van der Waals surface area (Å²) in [7, 11) is 0. The van der Waals surface area contributed by atoms with Gasteiger partial charge in [0.2, 0.25) is 3.92 Å². The van der Waals surface area contributed by atoms with Gasteiger partial charge in [-0.25, -0.2) is 0 Å². The maximum Gasteiger partial charge on any atom is 0.287 e. The number of allylic oxidation sites excluding steroid dienone is 8. The van der Waals surface area contributed by atoms with Gasteiger partial charge in [-0.1, -0.05) is 30.4 Å². The van der Waals surface area contributed by atoms with E-state index in [1.165, 1.54) is 15.6 Å². The zero-order valence-electron chi connectivity index (χ0n) is 6.05. The van der Waals surface area contributed by atoms with Crippen LogP contribution in [-0.4, -0.2) is 8.35 Å². The largest absolute Gasteiger partial charge is 0.287 e. The van der Waals surface area contributed by atoms with Crippen LogP contribution in [0.3, 0.4) is 0 Å². The Morgan fingerprint density at radius 2 is 2.18 bits per heavy atom. The molecule has 1 fully saturated rings. The minimum absolute atomic E-state index is 0.566. The van der Waals surface area contributed by atoms with Gasteiger partial charge in [-0.2, -0.15) is 0 Å². The maximum atomic E-state index is 2.32. The molecule has 0 bridgehead atoms. The van der Waals surface area contributed by atoms with Crippen LogP contribution < -0.4 is 21.2 Å². The molecule has 1 saturated heterocycles. The lowest BCUT2D eigenvalue weighted by Crippen LogP contribution is -3.48. The number of rotatable bonds is 1. The highest BCUT2D eigenvalue weighted by Crippen LogP contribution is 2.32. The average molecular weight is 255 g/mol. The predicted octanol–water partition coefficient (Wildman–Crippen LogP) is -1.18. The van der Waals surface area contributed by atoms with Crippen LogP contribution in [0.2, 0.25) is 0 Å². The predicted molar refractivity (Wildman–Crippen MR) is 42.0 cm³/mol. The summed E-state index contributed by atoms with van der Waals surface area (Å²) in [6, 6.07) is 0. The van der Waals surface area contributed by atoms with Gasteiger partial charge in [0, 0.05) is 5.57 Å². The molecule has 0 spiro atoms. The van der Waals surface area contributed by atoms with Gasteiger partial charge in [0.25, 0.3) is 21.2 Å². The van der Waals surface area contributed by atoms with Crippen molar-refractivity contribution in [1.29, 1.82) is 0 Å². The van der Waals surface area contributed by atoms with E-state index in [2.05, 4.69) is 30.4 Å². The summed E-state index contributed by atoms with van der Waals surface area (Å²) in [6.07, 6.45) is 11.2. The van der Waals surface area contributed by atoms with Crippen molar-refractivity contribution >= 4 is 0 Å². The van der Waals surface area contributed by atoms with Crippen molar-refractivity contribution in [2.45, 2.75) is 3.92 Å². The highest BCUT2D eigenvalue weighted by molar-refractivity contribution is 5.65. The van der Waals surface area contributed by atoms with Crippen molar-refractivity contribution < 1.29 is 21.2 Å². The Morgan fingerprint density at radius 3 is 3.00 bits per heavy atom. The first kappa shape index (κ1) is 6.23. The third-order valence-electron chi connectivity index (χ3n) is 2.25. The second-order valence-corrected chi connectivity index (χ2v) is 6.22. The van der Waals surface area contributed by atoms with Gasteiger partial charge in [0.1, 0.15) is 0 Å². The van der Waals surface area contributed by atoms with E-state index in [0.29, 0.717) is 21.2 Å². The average Bonchev–Trinajstić information content (AvgIpc) is 2.63. The van der Waals surface area contributed by atoms with Gasteiger partial charge < -0.3 is 0 Å². The van der Waals surface area contributed by atoms with Gasteiger partial charge in [-0.15, -0.1) is 0 Å². The molecule has 2 aliphatic carbocycles. The Balaban J connectivity index is 2.01. The van der Waals surface area contributed by atoms with Crippen LogP contribution in [0.25, 0.3) is 0 Å². The third kappa shape index (κ3) is 0.868. The fourth-order valence-corrected chi connectivity index (χ4v) is 3.34. The van der Waals surface area contributed by atoms with E-state index in [4.69, 9.17) is 0 Å². The molecule has 0 aromatic carbocycles. The zero-order chi connectivity index (χ0) is 7.26. The van der Waals surface area contributed by atoms with E-state index in [1.807, 2.05) is 0 Å². The molecule has 1 heteroatoms. The Labute approximate surface area is 76.6 Å². The quantitative estimate of drug-likeness (QED) is 0.409. The lowest BCUT2D eigenvalue weighted by molar-refractivity contribution is -0.490. The number of fused-ring (bicyclic) bond motifs is 1. The molecule has 0 nitrogen and oxygen atoms in total. The number of hydrogen-bond donors (Lipinski definition) is 0. The molecule has 0 aromatic rings. The summed E-state index contributed by atoms with van der Waals surface area (Å²) in [5.74, 6) is 0. The summed E-state index contributed by atoms with van der Waals surface area (Å²) in [4.78, 5) is 0. The molecule has 54 valence electrons. The first-order valence-electron chi connectivity index (χ1n) is 3.84. The molecule has 3 aliphatic rings.